The number of amides is 1. The SMILES string of the molecule is CN(C)C(=O)C1CNCCN1C1CCC2(CC1)OCCO2. The van der Waals surface area contributed by atoms with Gasteiger partial charge in [0.15, 0.2) is 5.79 Å². The van der Waals surface area contributed by atoms with Crippen LogP contribution < -0.4 is 5.32 Å². The van der Waals surface area contributed by atoms with Crippen molar-refractivity contribution in [2.24, 2.45) is 0 Å². The van der Waals surface area contributed by atoms with E-state index in [1.807, 2.05) is 14.1 Å². The highest BCUT2D eigenvalue weighted by Gasteiger charge is 2.43. The van der Waals surface area contributed by atoms with E-state index in [0.717, 1.165) is 58.5 Å². The molecule has 3 aliphatic rings. The van der Waals surface area contributed by atoms with Gasteiger partial charge in [-0.05, 0) is 12.8 Å². The highest BCUT2D eigenvalue weighted by atomic mass is 16.7. The maximum absolute atomic E-state index is 12.4. The van der Waals surface area contributed by atoms with Gasteiger partial charge in [-0.25, -0.2) is 0 Å². The first-order valence-electron chi connectivity index (χ1n) is 8.07. The molecule has 0 bridgehead atoms. The first-order chi connectivity index (χ1) is 10.1. The molecule has 0 radical (unpaired) electrons. The summed E-state index contributed by atoms with van der Waals surface area (Å²) in [5.41, 5.74) is 0. The molecule has 3 fully saturated rings. The van der Waals surface area contributed by atoms with Crippen LogP contribution in [0.1, 0.15) is 25.7 Å². The topological polar surface area (TPSA) is 54.0 Å². The van der Waals surface area contributed by atoms with Gasteiger partial charge < -0.3 is 19.7 Å². The van der Waals surface area contributed by atoms with Gasteiger partial charge in [0.1, 0.15) is 6.04 Å². The minimum absolute atomic E-state index is 0.0294. The molecule has 6 heteroatoms. The molecule has 120 valence electrons. The van der Waals surface area contributed by atoms with Gasteiger partial charge in [-0.2, -0.15) is 0 Å². The Balaban J connectivity index is 1.63. The fraction of sp³-hybridized carbons (Fsp3) is 0.933. The van der Waals surface area contributed by atoms with Gasteiger partial charge in [0, 0.05) is 52.6 Å². The number of nitrogens with one attached hydrogen (secondary N) is 1. The van der Waals surface area contributed by atoms with E-state index in [1.54, 1.807) is 4.90 Å². The second-order valence-corrected chi connectivity index (χ2v) is 6.53. The van der Waals surface area contributed by atoms with Crippen molar-refractivity contribution in [3.8, 4) is 0 Å². The Morgan fingerprint density at radius 2 is 1.90 bits per heavy atom. The Morgan fingerprint density at radius 3 is 2.52 bits per heavy atom. The Hall–Kier alpha value is -0.690. The minimum Gasteiger partial charge on any atom is -0.348 e. The molecule has 2 aliphatic heterocycles. The molecule has 1 aliphatic carbocycles. The first-order valence-corrected chi connectivity index (χ1v) is 8.07. The van der Waals surface area contributed by atoms with Crippen LogP contribution in [0.25, 0.3) is 0 Å². The third-order valence-electron chi connectivity index (χ3n) is 5.01. The fourth-order valence-electron chi connectivity index (χ4n) is 3.84. The lowest BCUT2D eigenvalue weighted by atomic mass is 9.88. The highest BCUT2D eigenvalue weighted by molar-refractivity contribution is 5.81. The molecule has 1 atom stereocenters. The molecule has 0 aromatic rings. The number of nitrogens with zero attached hydrogens (tertiary/aromatic N) is 2. The van der Waals surface area contributed by atoms with Crippen LogP contribution in [0, 0.1) is 0 Å². The summed E-state index contributed by atoms with van der Waals surface area (Å²) < 4.78 is 11.6. The van der Waals surface area contributed by atoms with Crippen molar-refractivity contribution >= 4 is 5.91 Å². The lowest BCUT2D eigenvalue weighted by molar-refractivity contribution is -0.185. The average molecular weight is 297 g/mol. The Labute approximate surface area is 126 Å². The molecule has 1 spiro atoms. The van der Waals surface area contributed by atoms with Crippen LogP contribution in [-0.4, -0.2) is 80.5 Å². The smallest absolute Gasteiger partial charge is 0.240 e. The Morgan fingerprint density at radius 1 is 1.24 bits per heavy atom. The lowest BCUT2D eigenvalue weighted by Crippen LogP contribution is -2.61. The van der Waals surface area contributed by atoms with Gasteiger partial charge >= 0.3 is 0 Å². The van der Waals surface area contributed by atoms with E-state index >= 15 is 0 Å². The molecule has 21 heavy (non-hydrogen) atoms. The molecule has 0 aromatic carbocycles. The summed E-state index contributed by atoms with van der Waals surface area (Å²) in [5.74, 6) is -0.109. The molecular weight excluding hydrogens is 270 g/mol. The number of hydrogen-bond acceptors (Lipinski definition) is 5. The number of carbonyl (C=O) groups excluding carboxylic acids is 1. The molecule has 1 unspecified atom stereocenters. The maximum Gasteiger partial charge on any atom is 0.240 e. The summed E-state index contributed by atoms with van der Waals surface area (Å²) in [6, 6.07) is 0.442. The molecule has 1 saturated carbocycles. The Kier molecular flexibility index (Phi) is 4.49. The molecule has 2 heterocycles. The van der Waals surface area contributed by atoms with Crippen LogP contribution in [0.4, 0.5) is 0 Å². The molecule has 1 N–H and O–H groups in total. The molecule has 1 amide bonds. The summed E-state index contributed by atoms with van der Waals surface area (Å²) in [6.45, 7) is 4.11. The van der Waals surface area contributed by atoms with E-state index in [9.17, 15) is 4.79 Å². The highest BCUT2D eigenvalue weighted by Crippen LogP contribution is 2.37. The zero-order chi connectivity index (χ0) is 14.9. The summed E-state index contributed by atoms with van der Waals surface area (Å²) in [6.07, 6.45) is 4.00. The van der Waals surface area contributed by atoms with Crippen LogP contribution in [0.3, 0.4) is 0 Å². The van der Waals surface area contributed by atoms with Gasteiger partial charge in [-0.3, -0.25) is 9.69 Å². The van der Waals surface area contributed by atoms with E-state index < -0.39 is 0 Å². The van der Waals surface area contributed by atoms with Crippen molar-refractivity contribution in [3.63, 3.8) is 0 Å². The number of hydrogen-bond donors (Lipinski definition) is 1. The van der Waals surface area contributed by atoms with Crippen molar-refractivity contribution in [1.29, 1.82) is 0 Å². The third-order valence-corrected chi connectivity index (χ3v) is 5.01. The summed E-state index contributed by atoms with van der Waals surface area (Å²) in [4.78, 5) is 16.5. The molecule has 6 nitrogen and oxygen atoms in total. The lowest BCUT2D eigenvalue weighted by Gasteiger charge is -2.45. The minimum atomic E-state index is -0.314. The van der Waals surface area contributed by atoms with Gasteiger partial charge in [-0.1, -0.05) is 0 Å². The van der Waals surface area contributed by atoms with Gasteiger partial charge in [0.05, 0.1) is 13.2 Å². The van der Waals surface area contributed by atoms with Crippen molar-refractivity contribution in [3.05, 3.63) is 0 Å². The molecule has 0 aromatic heterocycles. The van der Waals surface area contributed by atoms with E-state index in [4.69, 9.17) is 9.47 Å². The largest absolute Gasteiger partial charge is 0.348 e. The summed E-state index contributed by atoms with van der Waals surface area (Å²) in [5, 5.41) is 3.35. The second kappa shape index (κ2) is 6.20. The zero-order valence-corrected chi connectivity index (χ0v) is 13.1. The quantitative estimate of drug-likeness (QED) is 0.779. The predicted molar refractivity (Wildman–Crippen MR) is 78.9 cm³/mol. The van der Waals surface area contributed by atoms with Crippen molar-refractivity contribution in [2.75, 3.05) is 46.9 Å². The van der Waals surface area contributed by atoms with Gasteiger partial charge in [-0.15, -0.1) is 0 Å². The van der Waals surface area contributed by atoms with E-state index in [-0.39, 0.29) is 17.7 Å². The second-order valence-electron chi connectivity index (χ2n) is 6.53. The number of ether oxygens (including phenoxy) is 2. The normalized spacial score (nSPS) is 30.7. The Bertz CT molecular complexity index is 372. The van der Waals surface area contributed by atoms with E-state index in [2.05, 4.69) is 10.2 Å². The van der Waals surface area contributed by atoms with Crippen molar-refractivity contribution < 1.29 is 14.3 Å². The standard InChI is InChI=1S/C15H27N3O3/c1-17(2)14(19)13-11-16-7-8-18(13)12-3-5-15(6-4-12)20-9-10-21-15/h12-13,16H,3-11H2,1-2H3. The van der Waals surface area contributed by atoms with E-state index in [1.165, 1.54) is 0 Å². The van der Waals surface area contributed by atoms with Gasteiger partial charge in [0.2, 0.25) is 5.91 Å². The number of rotatable bonds is 2. The predicted octanol–water partition coefficient (Wildman–Crippen LogP) is 0.0341. The third kappa shape index (κ3) is 3.08. The number of piperazine rings is 1. The van der Waals surface area contributed by atoms with Crippen LogP contribution in [0.5, 0.6) is 0 Å². The van der Waals surface area contributed by atoms with Crippen molar-refractivity contribution in [1.82, 2.24) is 15.1 Å². The average Bonchev–Trinajstić information content (AvgIpc) is 2.95. The van der Waals surface area contributed by atoms with Crippen LogP contribution in [0.2, 0.25) is 0 Å². The number of likely N-dealkylation sites (N-methyl/N-ethyl adjacent to an activating group) is 1. The number of carbonyl (C=O) groups is 1. The van der Waals surface area contributed by atoms with Crippen LogP contribution in [-0.2, 0) is 14.3 Å². The van der Waals surface area contributed by atoms with Crippen LogP contribution >= 0.6 is 0 Å². The van der Waals surface area contributed by atoms with Crippen LogP contribution in [0.15, 0.2) is 0 Å². The fourth-order valence-corrected chi connectivity index (χ4v) is 3.84. The first kappa shape index (κ1) is 15.2. The summed E-state index contributed by atoms with van der Waals surface area (Å²) >= 11 is 0. The maximum atomic E-state index is 12.4. The van der Waals surface area contributed by atoms with Gasteiger partial charge in [0.25, 0.3) is 0 Å². The monoisotopic (exact) mass is 297 g/mol. The molecule has 3 rings (SSSR count). The molecular formula is C15H27N3O3. The summed E-state index contributed by atoms with van der Waals surface area (Å²) in [7, 11) is 3.68. The molecule has 2 saturated heterocycles. The zero-order valence-electron chi connectivity index (χ0n) is 13.1. The van der Waals surface area contributed by atoms with Crippen molar-refractivity contribution in [2.45, 2.75) is 43.6 Å². The van der Waals surface area contributed by atoms with E-state index in [0.29, 0.717) is 6.04 Å².